The molecule has 0 fully saturated rings. The van der Waals surface area contributed by atoms with Crippen LogP contribution < -0.4 is 39.4 Å². The third-order valence-corrected chi connectivity index (χ3v) is 10.2. The maximum absolute atomic E-state index is 14.4. The number of urea groups is 1. The van der Waals surface area contributed by atoms with Crippen LogP contribution in [0.1, 0.15) is 43.0 Å². The summed E-state index contributed by atoms with van der Waals surface area (Å²) in [6.45, 7) is 1.15. The molecule has 2 unspecified atom stereocenters. The number of hydrogen-bond donors (Lipinski definition) is 5. The van der Waals surface area contributed by atoms with Gasteiger partial charge in [0.25, 0.3) is 27.7 Å². The Kier molecular flexibility index (Phi) is 21.9. The second-order valence-electron chi connectivity index (χ2n) is 14.0. The fourth-order valence-electron chi connectivity index (χ4n) is 5.24. The van der Waals surface area contributed by atoms with Gasteiger partial charge >= 0.3 is 12.0 Å². The SMILES string of the molecule is C#CC(C)Oc1cc(N2C(=O)C3=C(CCCC3)C2=O)c(F)cc1Cl.COc1cc(OC)nc(NC(=O)NS(=O)(=O)c2ncccc2C(=O)N(C)C)n1.C[S+](C)C.O=C(O)CNCP(=O)([O-])O. The average molecular weight is 1000 g/mol. The zero-order chi connectivity index (χ0) is 50.1. The highest BCUT2D eigenvalue weighted by molar-refractivity contribution is 7.94. The Morgan fingerprint density at radius 1 is 1.08 bits per heavy atom. The summed E-state index contributed by atoms with van der Waals surface area (Å²) in [6.07, 6.45) is 14.5. The molecule has 0 radical (unpaired) electrons. The molecule has 0 saturated heterocycles. The summed E-state index contributed by atoms with van der Waals surface area (Å²) in [4.78, 5) is 90.7. The number of carboxylic acid groups (broad SMARTS) is 1. The quantitative estimate of drug-likeness (QED) is 0.0710. The highest BCUT2D eigenvalue weighted by atomic mass is 35.5. The van der Waals surface area contributed by atoms with Gasteiger partial charge in [-0.15, -0.1) is 6.42 Å². The van der Waals surface area contributed by atoms with Gasteiger partial charge < -0.3 is 38.6 Å². The molecule has 1 aromatic carbocycles. The lowest BCUT2D eigenvalue weighted by Gasteiger charge is -2.19. The van der Waals surface area contributed by atoms with Crippen LogP contribution >= 0.6 is 19.2 Å². The van der Waals surface area contributed by atoms with E-state index in [0.29, 0.717) is 34.9 Å². The molecule has 1 aliphatic heterocycles. The number of hydrogen-bond acceptors (Lipinski definition) is 16. The van der Waals surface area contributed by atoms with E-state index in [0.717, 1.165) is 23.8 Å². The van der Waals surface area contributed by atoms with Crippen LogP contribution in [-0.2, 0) is 39.9 Å². The predicted molar refractivity (Wildman–Crippen MR) is 241 cm³/mol. The van der Waals surface area contributed by atoms with Crippen LogP contribution in [0.2, 0.25) is 5.02 Å². The number of halogens is 2. The molecule has 22 nitrogen and oxygen atoms in total. The monoisotopic (exact) mass is 1000 g/mol. The van der Waals surface area contributed by atoms with Crippen molar-refractivity contribution in [1.82, 2.24) is 29.9 Å². The second-order valence-corrected chi connectivity index (χ2v) is 20.0. The Morgan fingerprint density at radius 2 is 1.62 bits per heavy atom. The van der Waals surface area contributed by atoms with Crippen molar-refractivity contribution in [3.05, 3.63) is 64.1 Å². The lowest BCUT2D eigenvalue weighted by molar-refractivity contribution is -0.193. The third kappa shape index (κ3) is 17.5. The van der Waals surface area contributed by atoms with Crippen molar-refractivity contribution in [2.45, 2.75) is 43.7 Å². The Balaban J connectivity index is 0.000000355. The van der Waals surface area contributed by atoms with Crippen molar-refractivity contribution in [3.63, 3.8) is 0 Å². The number of carboxylic acids is 1. The molecule has 2 aromatic heterocycles. The second kappa shape index (κ2) is 25.7. The number of aliphatic carboxylic acids is 1. The number of terminal acetylenes is 1. The van der Waals surface area contributed by atoms with E-state index in [-0.39, 0.29) is 39.7 Å². The number of amides is 5. The number of imide groups is 1. The summed E-state index contributed by atoms with van der Waals surface area (Å²) in [6, 6.07) is 5.17. The van der Waals surface area contributed by atoms with Gasteiger partial charge in [-0.1, -0.05) is 17.5 Å². The number of nitrogens with zero attached hydrogens (tertiary/aromatic N) is 5. The van der Waals surface area contributed by atoms with Gasteiger partial charge in [0.15, 0.2) is 11.1 Å². The molecule has 0 spiro atoms. The van der Waals surface area contributed by atoms with E-state index >= 15 is 0 Å². The standard InChI is InChI=1S/C18H15ClFNO3.C15H18N6O6S.C3H8NO5P.C3H9S/c1-3-10(2)24-16-9-15(14(20)8-13(16)19)21-17(22)11-6-4-5-7-12(11)18(21)23;1-21(2)13(22)9-6-5-7-16-12(9)28(24,25)20-15(23)19-14-17-10(26-3)8-11(18-14)27-4;5-3(6)1-4-2-10(7,8)9;1-4(2)3/h1,8-10H,4-7H2,2H3;5-8H,1-4H3,(H2,17,18,19,20,23);4H,1-2H2,(H,5,6)(H2,7,8,9);1-3H3/q;;;+1/p-1. The van der Waals surface area contributed by atoms with Gasteiger partial charge in [-0.2, -0.15) is 18.4 Å². The third-order valence-electron chi connectivity index (χ3n) is 7.97. The van der Waals surface area contributed by atoms with E-state index < -0.39 is 77.1 Å². The molecule has 27 heteroatoms. The highest BCUT2D eigenvalue weighted by Crippen LogP contribution is 2.39. The Hall–Kier alpha value is -5.87. The van der Waals surface area contributed by atoms with Gasteiger partial charge in [-0.25, -0.2) is 23.8 Å². The number of nitrogens with one attached hydrogen (secondary N) is 3. The number of carbonyl (C=O) groups excluding carboxylic acids is 4. The number of carbonyl (C=O) groups is 5. The minimum absolute atomic E-state index is 0.0233. The van der Waals surface area contributed by atoms with Crippen molar-refractivity contribution in [2.75, 3.05) is 70.1 Å². The molecule has 3 aromatic rings. The van der Waals surface area contributed by atoms with Crippen molar-refractivity contribution in [3.8, 4) is 29.9 Å². The first kappa shape index (κ1) is 56.3. The first-order valence-electron chi connectivity index (χ1n) is 18.9. The molecule has 0 bridgehead atoms. The summed E-state index contributed by atoms with van der Waals surface area (Å²) >= 11 is 5.97. The maximum Gasteiger partial charge on any atom is 0.335 e. The molecule has 1 aliphatic carbocycles. The Morgan fingerprint density at radius 3 is 2.09 bits per heavy atom. The minimum atomic E-state index is -4.46. The minimum Gasteiger partial charge on any atom is -0.778 e. The number of pyridine rings is 1. The van der Waals surface area contributed by atoms with Crippen LogP contribution in [0.5, 0.6) is 17.5 Å². The molecule has 0 saturated carbocycles. The number of sulfonamides is 1. The molecule has 2 atom stereocenters. The molecule has 5 N–H and O–H groups in total. The molecule has 66 heavy (non-hydrogen) atoms. The first-order valence-corrected chi connectivity index (χ1v) is 25.0. The van der Waals surface area contributed by atoms with Gasteiger partial charge in [-0.05, 0) is 61.7 Å². The smallest absolute Gasteiger partial charge is 0.335 e. The lowest BCUT2D eigenvalue weighted by atomic mass is 9.93. The van der Waals surface area contributed by atoms with E-state index in [2.05, 4.69) is 45.0 Å². The Labute approximate surface area is 388 Å². The molecule has 3 heterocycles. The van der Waals surface area contributed by atoms with Crippen LogP contribution in [0.15, 0.2) is 52.7 Å². The molecule has 5 rings (SSSR count). The maximum atomic E-state index is 14.4. The van der Waals surface area contributed by atoms with Crippen LogP contribution in [0.4, 0.5) is 20.8 Å². The van der Waals surface area contributed by atoms with E-state index in [4.69, 9.17) is 42.2 Å². The first-order chi connectivity index (χ1) is 30.8. The van der Waals surface area contributed by atoms with E-state index in [1.54, 1.807) is 11.6 Å². The summed E-state index contributed by atoms with van der Waals surface area (Å²) in [5.74, 6) is -1.03. The van der Waals surface area contributed by atoms with Gasteiger partial charge in [0.2, 0.25) is 17.7 Å². The van der Waals surface area contributed by atoms with Crippen molar-refractivity contribution < 1.29 is 70.4 Å². The number of benzene rings is 1. The zero-order valence-corrected chi connectivity index (χ0v) is 40.2. The van der Waals surface area contributed by atoms with Crippen LogP contribution in [0.3, 0.4) is 0 Å². The molecule has 5 amide bonds. The number of ether oxygens (including phenoxy) is 3. The van der Waals surface area contributed by atoms with Crippen LogP contribution in [0.25, 0.3) is 0 Å². The topological polar surface area (TPSA) is 309 Å². The molecular formula is C39H49ClFN8O14PS2. The van der Waals surface area contributed by atoms with Gasteiger partial charge in [-0.3, -0.25) is 29.8 Å². The van der Waals surface area contributed by atoms with Crippen molar-refractivity contribution in [2.24, 2.45) is 0 Å². The van der Waals surface area contributed by atoms with Crippen molar-refractivity contribution in [1.29, 1.82) is 0 Å². The Bertz CT molecular complexity index is 2450. The summed E-state index contributed by atoms with van der Waals surface area (Å²) < 4.78 is 66.5. The zero-order valence-electron chi connectivity index (χ0n) is 36.9. The van der Waals surface area contributed by atoms with E-state index in [9.17, 15) is 46.2 Å². The number of methoxy groups -OCH3 is 2. The van der Waals surface area contributed by atoms with Crippen LogP contribution in [-0.4, -0.2) is 134 Å². The van der Waals surface area contributed by atoms with E-state index in [1.165, 1.54) is 63.7 Å². The normalized spacial score (nSPS) is 14.3. The average Bonchev–Trinajstić information content (AvgIpc) is 3.48. The fourth-order valence-corrected chi connectivity index (χ4v) is 6.87. The highest BCUT2D eigenvalue weighted by Gasteiger charge is 2.41. The van der Waals surface area contributed by atoms with Gasteiger partial charge in [0.05, 0.1) is 68.2 Å². The summed E-state index contributed by atoms with van der Waals surface area (Å²) in [5, 5.41) is 11.6. The van der Waals surface area contributed by atoms with Crippen molar-refractivity contribution >= 4 is 81.5 Å². The van der Waals surface area contributed by atoms with Gasteiger partial charge in [0, 0.05) is 37.5 Å². The largest absolute Gasteiger partial charge is 0.778 e. The summed E-state index contributed by atoms with van der Waals surface area (Å²) in [7, 11) is -2.56. The van der Waals surface area contributed by atoms with Crippen LogP contribution in [0, 0.1) is 18.2 Å². The van der Waals surface area contributed by atoms with E-state index in [1.807, 2.05) is 5.32 Å². The number of aromatic nitrogens is 3. The summed E-state index contributed by atoms with van der Waals surface area (Å²) in [5.41, 5.74) is 0.621. The molecule has 360 valence electrons. The number of anilines is 2. The van der Waals surface area contributed by atoms with Gasteiger partial charge in [0.1, 0.15) is 19.2 Å². The lowest BCUT2D eigenvalue weighted by Crippen LogP contribution is -2.36. The molecule has 2 aliphatic rings. The number of rotatable bonds is 13. The molecular weight excluding hydrogens is 954 g/mol. The predicted octanol–water partition coefficient (Wildman–Crippen LogP) is 2.38. The fraction of sp³-hybridized carbons (Fsp3) is 0.385.